The van der Waals surface area contributed by atoms with Gasteiger partial charge in [0.05, 0.1) is 17.3 Å². The van der Waals surface area contributed by atoms with Crippen LogP contribution in [0.3, 0.4) is 0 Å². The van der Waals surface area contributed by atoms with Crippen LogP contribution < -0.4 is 5.43 Å². The fraction of sp³-hybridized carbons (Fsp3) is 0. The van der Waals surface area contributed by atoms with E-state index in [4.69, 9.17) is 14.6 Å². The highest BCUT2D eigenvalue weighted by molar-refractivity contribution is 5.96. The predicted molar refractivity (Wildman–Crippen MR) is 97.4 cm³/mol. The quantitative estimate of drug-likeness (QED) is 0.441. The van der Waals surface area contributed by atoms with Gasteiger partial charge >= 0.3 is 11.9 Å². The molecule has 0 spiro atoms. The monoisotopic (exact) mass is 379 g/mol. The average Bonchev–Trinajstić information content (AvgIpc) is 3.17. The van der Waals surface area contributed by atoms with Gasteiger partial charge in [-0.05, 0) is 42.5 Å². The number of rotatable bonds is 6. The third kappa shape index (κ3) is 4.28. The Morgan fingerprint density at radius 3 is 2.18 bits per heavy atom. The molecule has 0 radical (unpaired) electrons. The van der Waals surface area contributed by atoms with Gasteiger partial charge in [-0.15, -0.1) is 0 Å². The third-order valence-corrected chi connectivity index (χ3v) is 3.64. The first kappa shape index (κ1) is 18.5. The zero-order chi connectivity index (χ0) is 20.1. The Hall–Kier alpha value is -4.27. The summed E-state index contributed by atoms with van der Waals surface area (Å²) in [5.74, 6) is -2.39. The summed E-state index contributed by atoms with van der Waals surface area (Å²) in [7, 11) is 0. The van der Waals surface area contributed by atoms with E-state index in [2.05, 4.69) is 15.5 Å². The second-order valence-corrected chi connectivity index (χ2v) is 5.55. The van der Waals surface area contributed by atoms with Crippen molar-refractivity contribution >= 4 is 24.1 Å². The topological polar surface area (TPSA) is 142 Å². The van der Waals surface area contributed by atoms with Crippen molar-refractivity contribution in [3.63, 3.8) is 0 Å². The highest BCUT2D eigenvalue weighted by Crippen LogP contribution is 2.24. The molecule has 3 rings (SSSR count). The summed E-state index contributed by atoms with van der Waals surface area (Å²) < 4.78 is 5.53. The Balaban J connectivity index is 1.78. The minimum Gasteiger partial charge on any atom is -0.478 e. The molecular weight excluding hydrogens is 366 g/mol. The third-order valence-electron chi connectivity index (χ3n) is 3.64. The molecule has 1 amide bonds. The largest absolute Gasteiger partial charge is 0.478 e. The van der Waals surface area contributed by atoms with Crippen LogP contribution in [0.4, 0.5) is 0 Å². The maximum Gasteiger partial charge on any atom is 0.335 e. The van der Waals surface area contributed by atoms with Crippen LogP contribution >= 0.6 is 0 Å². The molecule has 3 N–H and O–H groups in total. The summed E-state index contributed by atoms with van der Waals surface area (Å²) in [4.78, 5) is 38.1. The molecule has 0 fully saturated rings. The molecule has 28 heavy (non-hydrogen) atoms. The number of carbonyl (C=O) groups excluding carboxylic acids is 1. The van der Waals surface area contributed by atoms with Crippen molar-refractivity contribution in [2.24, 2.45) is 5.10 Å². The minimum absolute atomic E-state index is 0.175. The molecule has 0 saturated carbocycles. The van der Waals surface area contributed by atoms with Gasteiger partial charge in [0.25, 0.3) is 5.91 Å². The smallest absolute Gasteiger partial charge is 0.335 e. The first-order valence-electron chi connectivity index (χ1n) is 7.89. The van der Waals surface area contributed by atoms with E-state index >= 15 is 0 Å². The standard InChI is InChI=1S/C19H13N3O6/c23-17(11-3-5-20-6-4-11)22-21-10-15-1-2-16(28-15)12-7-13(18(24)25)9-14(8-12)19(26)27/h1-10H,(H,22,23)(H,24,25)(H,26,27)/b21-10-. The highest BCUT2D eigenvalue weighted by atomic mass is 16.4. The van der Waals surface area contributed by atoms with E-state index < -0.39 is 17.8 Å². The molecule has 0 atom stereocenters. The van der Waals surface area contributed by atoms with E-state index in [1.54, 1.807) is 12.1 Å². The van der Waals surface area contributed by atoms with E-state index in [0.29, 0.717) is 5.56 Å². The number of benzene rings is 1. The predicted octanol–water partition coefficient (Wildman–Crippen LogP) is 2.50. The first-order chi connectivity index (χ1) is 13.4. The summed E-state index contributed by atoms with van der Waals surface area (Å²) in [6.45, 7) is 0. The van der Waals surface area contributed by atoms with Crippen molar-refractivity contribution in [2.75, 3.05) is 0 Å². The molecule has 3 aromatic rings. The Morgan fingerprint density at radius 1 is 0.929 bits per heavy atom. The molecule has 2 heterocycles. The number of hydrogen-bond acceptors (Lipinski definition) is 6. The van der Waals surface area contributed by atoms with Gasteiger partial charge in [-0.2, -0.15) is 5.10 Å². The normalized spacial score (nSPS) is 10.7. The number of carboxylic acids is 2. The summed E-state index contributed by atoms with van der Waals surface area (Å²) >= 11 is 0. The van der Waals surface area contributed by atoms with Crippen LogP contribution in [0.2, 0.25) is 0 Å². The fourth-order valence-corrected chi connectivity index (χ4v) is 2.32. The minimum atomic E-state index is -1.25. The number of nitrogens with one attached hydrogen (secondary N) is 1. The lowest BCUT2D eigenvalue weighted by atomic mass is 10.0. The highest BCUT2D eigenvalue weighted by Gasteiger charge is 2.14. The van der Waals surface area contributed by atoms with Gasteiger partial charge in [0.15, 0.2) is 0 Å². The molecule has 9 heteroatoms. The number of aromatic nitrogens is 1. The number of pyridine rings is 1. The molecular formula is C19H13N3O6. The SMILES string of the molecule is O=C(O)c1cc(C(=O)O)cc(-c2ccc(/C=N\NC(=O)c3ccncc3)o2)c1. The maximum atomic E-state index is 11.9. The summed E-state index contributed by atoms with van der Waals surface area (Å²) in [5, 5.41) is 22.1. The van der Waals surface area contributed by atoms with Crippen LogP contribution in [0.5, 0.6) is 0 Å². The van der Waals surface area contributed by atoms with Crippen molar-refractivity contribution in [3.8, 4) is 11.3 Å². The lowest BCUT2D eigenvalue weighted by Crippen LogP contribution is -2.17. The van der Waals surface area contributed by atoms with Crippen molar-refractivity contribution in [1.29, 1.82) is 0 Å². The molecule has 0 aliphatic carbocycles. The zero-order valence-corrected chi connectivity index (χ0v) is 14.2. The van der Waals surface area contributed by atoms with E-state index in [-0.39, 0.29) is 28.2 Å². The van der Waals surface area contributed by atoms with Crippen LogP contribution in [0.25, 0.3) is 11.3 Å². The molecule has 2 aromatic heterocycles. The molecule has 0 aliphatic rings. The van der Waals surface area contributed by atoms with Gasteiger partial charge in [0.1, 0.15) is 11.5 Å². The second-order valence-electron chi connectivity index (χ2n) is 5.55. The van der Waals surface area contributed by atoms with E-state index in [1.165, 1.54) is 42.9 Å². The molecule has 0 aliphatic heterocycles. The number of hydrazone groups is 1. The summed E-state index contributed by atoms with van der Waals surface area (Å²) in [6, 6.07) is 9.83. The van der Waals surface area contributed by atoms with E-state index in [9.17, 15) is 14.4 Å². The van der Waals surface area contributed by atoms with Crippen LogP contribution in [0.1, 0.15) is 36.8 Å². The van der Waals surface area contributed by atoms with Gasteiger partial charge in [0.2, 0.25) is 0 Å². The van der Waals surface area contributed by atoms with Crippen LogP contribution in [0, 0.1) is 0 Å². The number of hydrogen-bond donors (Lipinski definition) is 3. The van der Waals surface area contributed by atoms with Gasteiger partial charge in [-0.1, -0.05) is 0 Å². The number of amides is 1. The molecule has 1 aromatic carbocycles. The van der Waals surface area contributed by atoms with Crippen molar-refractivity contribution in [1.82, 2.24) is 10.4 Å². The Morgan fingerprint density at radius 2 is 1.57 bits per heavy atom. The zero-order valence-electron chi connectivity index (χ0n) is 14.2. The Labute approximate surface area is 158 Å². The molecule has 0 unspecified atom stereocenters. The van der Waals surface area contributed by atoms with Gasteiger partial charge in [-0.25, -0.2) is 15.0 Å². The first-order valence-corrected chi connectivity index (χ1v) is 7.89. The van der Waals surface area contributed by atoms with Crippen molar-refractivity contribution in [2.45, 2.75) is 0 Å². The molecule has 9 nitrogen and oxygen atoms in total. The van der Waals surface area contributed by atoms with Gasteiger partial charge in [-0.3, -0.25) is 9.78 Å². The molecule has 0 bridgehead atoms. The van der Waals surface area contributed by atoms with E-state index in [0.717, 1.165) is 6.07 Å². The lowest BCUT2D eigenvalue weighted by molar-refractivity contribution is 0.0696. The summed E-state index contributed by atoms with van der Waals surface area (Å²) in [5.41, 5.74) is 2.66. The van der Waals surface area contributed by atoms with Crippen molar-refractivity contribution in [3.05, 3.63) is 77.3 Å². The molecule has 0 saturated heterocycles. The van der Waals surface area contributed by atoms with Crippen molar-refractivity contribution < 1.29 is 29.0 Å². The van der Waals surface area contributed by atoms with Gasteiger partial charge < -0.3 is 14.6 Å². The number of nitrogens with zero attached hydrogens (tertiary/aromatic N) is 2. The van der Waals surface area contributed by atoms with Crippen LogP contribution in [0.15, 0.2) is 64.4 Å². The van der Waals surface area contributed by atoms with Crippen LogP contribution in [-0.2, 0) is 0 Å². The number of carbonyl (C=O) groups is 3. The second kappa shape index (κ2) is 7.96. The van der Waals surface area contributed by atoms with Gasteiger partial charge in [0, 0.05) is 23.5 Å². The summed E-state index contributed by atoms with van der Waals surface area (Å²) in [6.07, 6.45) is 4.23. The molecule has 140 valence electrons. The number of furan rings is 1. The Bertz CT molecular complexity index is 1040. The maximum absolute atomic E-state index is 11.9. The fourth-order valence-electron chi connectivity index (χ4n) is 2.32. The number of carboxylic acid groups (broad SMARTS) is 2. The average molecular weight is 379 g/mol. The lowest BCUT2D eigenvalue weighted by Gasteiger charge is -2.03. The van der Waals surface area contributed by atoms with Crippen LogP contribution in [-0.4, -0.2) is 39.3 Å². The number of aromatic carboxylic acids is 2. The Kier molecular flexibility index (Phi) is 5.26. The van der Waals surface area contributed by atoms with E-state index in [1.807, 2.05) is 0 Å².